The third-order valence-corrected chi connectivity index (χ3v) is 4.25. The van der Waals surface area contributed by atoms with Crippen molar-refractivity contribution >= 4 is 27.7 Å². The number of halogens is 1. The predicted octanol–water partition coefficient (Wildman–Crippen LogP) is 4.96. The minimum Gasteiger partial charge on any atom is -0.444 e. The second kappa shape index (κ2) is 7.56. The molecule has 1 N–H and O–H groups in total. The summed E-state index contributed by atoms with van der Waals surface area (Å²) < 4.78 is 6.57. The third-order valence-electron chi connectivity index (χ3n) is 3.79. The predicted molar refractivity (Wildman–Crippen MR) is 97.9 cm³/mol. The van der Waals surface area contributed by atoms with Gasteiger partial charge in [-0.25, -0.2) is 4.79 Å². The van der Waals surface area contributed by atoms with Crippen LogP contribution >= 0.6 is 15.9 Å². The van der Waals surface area contributed by atoms with E-state index in [0.29, 0.717) is 6.04 Å². The minimum atomic E-state index is -0.436. The second-order valence-corrected chi connectivity index (χ2v) is 8.17. The molecule has 1 aliphatic heterocycles. The van der Waals surface area contributed by atoms with Gasteiger partial charge in [0.1, 0.15) is 5.60 Å². The fourth-order valence-electron chi connectivity index (χ4n) is 2.81. The average molecular weight is 383 g/mol. The number of anilines is 1. The number of hydrogen-bond acceptors (Lipinski definition) is 3. The molecule has 1 aromatic carbocycles. The number of aryl methyl sites for hydroxylation is 1. The second-order valence-electron chi connectivity index (χ2n) is 7.26. The van der Waals surface area contributed by atoms with Gasteiger partial charge in [0.25, 0.3) is 0 Å². The van der Waals surface area contributed by atoms with Crippen molar-refractivity contribution < 1.29 is 9.53 Å². The summed E-state index contributed by atoms with van der Waals surface area (Å²) >= 11 is 3.54. The number of amides is 1. The highest BCUT2D eigenvalue weighted by molar-refractivity contribution is 9.10. The van der Waals surface area contributed by atoms with Crippen LogP contribution in [0.15, 0.2) is 22.7 Å². The number of nitrogens with one attached hydrogen (secondary N) is 1. The zero-order valence-corrected chi connectivity index (χ0v) is 16.1. The number of carbonyl (C=O) groups is 1. The van der Waals surface area contributed by atoms with Gasteiger partial charge in [-0.1, -0.05) is 15.9 Å². The van der Waals surface area contributed by atoms with Gasteiger partial charge in [-0.2, -0.15) is 0 Å². The molecule has 0 bridgehead atoms. The van der Waals surface area contributed by atoms with Crippen molar-refractivity contribution in [3.05, 3.63) is 28.2 Å². The summed E-state index contributed by atoms with van der Waals surface area (Å²) in [5, 5.41) is 3.60. The maximum absolute atomic E-state index is 12.2. The molecule has 0 spiro atoms. The van der Waals surface area contributed by atoms with Gasteiger partial charge in [-0.15, -0.1) is 0 Å². The van der Waals surface area contributed by atoms with E-state index in [4.69, 9.17) is 4.74 Å². The number of hydrogen-bond donors (Lipinski definition) is 1. The van der Waals surface area contributed by atoms with Crippen LogP contribution in [0.1, 0.15) is 45.6 Å². The number of benzene rings is 1. The van der Waals surface area contributed by atoms with Gasteiger partial charge in [0.15, 0.2) is 0 Å². The van der Waals surface area contributed by atoms with Crippen LogP contribution in [0.4, 0.5) is 10.5 Å². The van der Waals surface area contributed by atoms with Crippen molar-refractivity contribution in [2.45, 2.75) is 58.6 Å². The van der Waals surface area contributed by atoms with Crippen molar-refractivity contribution in [3.8, 4) is 0 Å². The van der Waals surface area contributed by atoms with E-state index < -0.39 is 5.60 Å². The normalized spacial score (nSPS) is 19.2. The monoisotopic (exact) mass is 382 g/mol. The van der Waals surface area contributed by atoms with Gasteiger partial charge in [0.2, 0.25) is 0 Å². The number of nitrogens with zero attached hydrogens (tertiary/aromatic N) is 1. The summed E-state index contributed by atoms with van der Waals surface area (Å²) in [6, 6.07) is 6.74. The highest BCUT2D eigenvalue weighted by atomic mass is 79.9. The Morgan fingerprint density at radius 3 is 2.65 bits per heavy atom. The van der Waals surface area contributed by atoms with E-state index in [-0.39, 0.29) is 6.09 Å². The summed E-state index contributed by atoms with van der Waals surface area (Å²) in [6.07, 6.45) is 2.79. The molecule has 1 atom stereocenters. The zero-order valence-electron chi connectivity index (χ0n) is 14.5. The van der Waals surface area contributed by atoms with Crippen LogP contribution in [-0.2, 0) is 4.74 Å². The Labute approximate surface area is 147 Å². The van der Waals surface area contributed by atoms with Gasteiger partial charge in [-0.3, -0.25) is 0 Å². The molecular formula is C18H27BrN2O2. The molecule has 4 nitrogen and oxygen atoms in total. The first kappa shape index (κ1) is 18.1. The summed E-state index contributed by atoms with van der Waals surface area (Å²) in [4.78, 5) is 14.0. The lowest BCUT2D eigenvalue weighted by molar-refractivity contribution is 0.0256. The van der Waals surface area contributed by atoms with Crippen molar-refractivity contribution in [2.75, 3.05) is 18.4 Å². The largest absolute Gasteiger partial charge is 0.444 e. The fourth-order valence-corrected chi connectivity index (χ4v) is 3.41. The van der Waals surface area contributed by atoms with Crippen LogP contribution < -0.4 is 5.32 Å². The first-order valence-corrected chi connectivity index (χ1v) is 9.04. The first-order chi connectivity index (χ1) is 10.7. The fraction of sp³-hybridized carbons (Fsp3) is 0.611. The van der Waals surface area contributed by atoms with Crippen molar-refractivity contribution in [2.24, 2.45) is 0 Å². The lowest BCUT2D eigenvalue weighted by Gasteiger charge is -2.26. The molecule has 0 radical (unpaired) electrons. The van der Waals surface area contributed by atoms with Gasteiger partial charge in [-0.05, 0) is 70.7 Å². The molecule has 1 fully saturated rings. The maximum atomic E-state index is 12.2. The Bertz CT molecular complexity index is 534. The SMILES string of the molecule is Cc1cc(Br)cc(NC2CCCN(C(=O)OC(C)(C)C)CC2)c1. The Morgan fingerprint density at radius 1 is 1.26 bits per heavy atom. The molecular weight excluding hydrogens is 356 g/mol. The van der Waals surface area contributed by atoms with Crippen LogP contribution in [0.2, 0.25) is 0 Å². The van der Waals surface area contributed by atoms with E-state index >= 15 is 0 Å². The lowest BCUT2D eigenvalue weighted by atomic mass is 10.1. The summed E-state index contributed by atoms with van der Waals surface area (Å²) in [7, 11) is 0. The van der Waals surface area contributed by atoms with E-state index in [2.05, 4.69) is 46.4 Å². The minimum absolute atomic E-state index is 0.198. The third kappa shape index (κ3) is 6.05. The molecule has 1 aromatic rings. The Hall–Kier alpha value is -1.23. The Balaban J connectivity index is 1.92. The summed E-state index contributed by atoms with van der Waals surface area (Å²) in [5.41, 5.74) is 1.92. The molecule has 128 valence electrons. The van der Waals surface area contributed by atoms with Crippen LogP contribution in [-0.4, -0.2) is 35.7 Å². The molecule has 1 unspecified atom stereocenters. The molecule has 0 aliphatic carbocycles. The maximum Gasteiger partial charge on any atom is 0.410 e. The van der Waals surface area contributed by atoms with Crippen molar-refractivity contribution in [1.82, 2.24) is 4.90 Å². The van der Waals surface area contributed by atoms with E-state index in [0.717, 1.165) is 42.5 Å². The molecule has 1 heterocycles. The quantitative estimate of drug-likeness (QED) is 0.785. The highest BCUT2D eigenvalue weighted by Crippen LogP contribution is 2.23. The van der Waals surface area contributed by atoms with Crippen LogP contribution in [0.5, 0.6) is 0 Å². The first-order valence-electron chi connectivity index (χ1n) is 8.24. The highest BCUT2D eigenvalue weighted by Gasteiger charge is 2.25. The standard InChI is InChI=1S/C18H27BrN2O2/c1-13-10-14(19)12-16(11-13)20-15-6-5-8-21(9-7-15)17(22)23-18(2,3)4/h10-12,15,20H,5-9H2,1-4H3. The average Bonchev–Trinajstić information content (AvgIpc) is 2.61. The lowest BCUT2D eigenvalue weighted by Crippen LogP contribution is -2.37. The van der Waals surface area contributed by atoms with Crippen LogP contribution in [0, 0.1) is 6.92 Å². The zero-order chi connectivity index (χ0) is 17.0. The van der Waals surface area contributed by atoms with E-state index in [1.807, 2.05) is 25.7 Å². The molecule has 0 aromatic heterocycles. The number of rotatable bonds is 2. The number of ether oxygens (including phenoxy) is 1. The van der Waals surface area contributed by atoms with Gasteiger partial charge < -0.3 is 15.0 Å². The molecule has 1 amide bonds. The van der Waals surface area contributed by atoms with Crippen molar-refractivity contribution in [1.29, 1.82) is 0 Å². The van der Waals surface area contributed by atoms with Crippen LogP contribution in [0.3, 0.4) is 0 Å². The van der Waals surface area contributed by atoms with Crippen molar-refractivity contribution in [3.63, 3.8) is 0 Å². The summed E-state index contributed by atoms with van der Waals surface area (Å²) in [5.74, 6) is 0. The smallest absolute Gasteiger partial charge is 0.410 e. The van der Waals surface area contributed by atoms with Crippen LogP contribution in [0.25, 0.3) is 0 Å². The van der Waals surface area contributed by atoms with E-state index in [9.17, 15) is 4.79 Å². The Morgan fingerprint density at radius 2 is 2.00 bits per heavy atom. The van der Waals surface area contributed by atoms with Gasteiger partial charge in [0, 0.05) is 29.3 Å². The van der Waals surface area contributed by atoms with Gasteiger partial charge >= 0.3 is 6.09 Å². The molecule has 1 saturated heterocycles. The Kier molecular flexibility index (Phi) is 5.95. The molecule has 1 aliphatic rings. The molecule has 23 heavy (non-hydrogen) atoms. The molecule has 2 rings (SSSR count). The van der Waals surface area contributed by atoms with E-state index in [1.165, 1.54) is 5.56 Å². The summed E-state index contributed by atoms with van der Waals surface area (Å²) in [6.45, 7) is 9.31. The molecule has 5 heteroatoms. The topological polar surface area (TPSA) is 41.6 Å². The number of carbonyl (C=O) groups excluding carboxylic acids is 1. The molecule has 0 saturated carbocycles. The van der Waals surface area contributed by atoms with E-state index in [1.54, 1.807) is 0 Å². The number of likely N-dealkylation sites (tertiary alicyclic amines) is 1. The van der Waals surface area contributed by atoms with Gasteiger partial charge in [0.05, 0.1) is 0 Å².